The number of nitrogens with zero attached hydrogens (tertiary/aromatic N) is 3. The quantitative estimate of drug-likeness (QED) is 0.767. The second-order valence-corrected chi connectivity index (χ2v) is 4.22. The van der Waals surface area contributed by atoms with Crippen molar-refractivity contribution in [3.8, 4) is 11.3 Å². The molecule has 0 radical (unpaired) electrons. The summed E-state index contributed by atoms with van der Waals surface area (Å²) < 4.78 is 16.3. The molecule has 3 aromatic rings. The van der Waals surface area contributed by atoms with Crippen LogP contribution in [-0.4, -0.2) is 25.0 Å². The van der Waals surface area contributed by atoms with Gasteiger partial charge in [0.05, 0.1) is 5.69 Å². The van der Waals surface area contributed by atoms with Crippen molar-refractivity contribution in [2.75, 3.05) is 0 Å². The summed E-state index contributed by atoms with van der Waals surface area (Å²) in [5, 5.41) is 9.00. The van der Waals surface area contributed by atoms with E-state index >= 15 is 0 Å². The van der Waals surface area contributed by atoms with E-state index in [1.54, 1.807) is 29.8 Å². The van der Waals surface area contributed by atoms with Crippen LogP contribution in [0.15, 0.2) is 36.7 Å². The van der Waals surface area contributed by atoms with Crippen LogP contribution in [0.3, 0.4) is 0 Å². The summed E-state index contributed by atoms with van der Waals surface area (Å²) in [6.45, 7) is 0. The molecule has 6 heteroatoms. The van der Waals surface area contributed by atoms with E-state index in [2.05, 4.69) is 4.98 Å². The van der Waals surface area contributed by atoms with E-state index in [4.69, 9.17) is 5.11 Å². The van der Waals surface area contributed by atoms with E-state index in [1.807, 2.05) is 0 Å². The van der Waals surface area contributed by atoms with Gasteiger partial charge in [-0.3, -0.25) is 4.40 Å². The van der Waals surface area contributed by atoms with E-state index in [0.29, 0.717) is 17.0 Å². The number of halogens is 1. The predicted molar refractivity (Wildman–Crippen MR) is 66.5 cm³/mol. The summed E-state index contributed by atoms with van der Waals surface area (Å²) in [5.74, 6) is -0.849. The number of hydrogen-bond donors (Lipinski definition) is 1. The number of aromatic carboxylic acids is 1. The van der Waals surface area contributed by atoms with Gasteiger partial charge in [0.2, 0.25) is 5.78 Å². The zero-order chi connectivity index (χ0) is 13.6. The molecule has 0 atom stereocenters. The first-order chi connectivity index (χ1) is 9.06. The molecule has 0 unspecified atom stereocenters. The maximum atomic E-state index is 13.2. The van der Waals surface area contributed by atoms with Crippen molar-refractivity contribution < 1.29 is 14.3 Å². The van der Waals surface area contributed by atoms with Gasteiger partial charge in [0.15, 0.2) is 0 Å². The van der Waals surface area contributed by atoms with Crippen LogP contribution < -0.4 is 0 Å². The maximum absolute atomic E-state index is 13.2. The summed E-state index contributed by atoms with van der Waals surface area (Å²) in [6.07, 6.45) is 3.16. The van der Waals surface area contributed by atoms with Crippen molar-refractivity contribution in [2.24, 2.45) is 7.05 Å². The molecule has 2 aromatic heterocycles. The molecule has 0 aliphatic heterocycles. The zero-order valence-electron chi connectivity index (χ0n) is 10.0. The molecule has 0 aliphatic rings. The van der Waals surface area contributed by atoms with E-state index < -0.39 is 5.97 Å². The number of benzene rings is 1. The Balaban J connectivity index is 2.16. The van der Waals surface area contributed by atoms with Crippen molar-refractivity contribution >= 4 is 11.7 Å². The maximum Gasteiger partial charge on any atom is 0.354 e. The van der Waals surface area contributed by atoms with Crippen LogP contribution in [0.25, 0.3) is 17.0 Å². The third-order valence-corrected chi connectivity index (χ3v) is 2.97. The smallest absolute Gasteiger partial charge is 0.354 e. The molecule has 19 heavy (non-hydrogen) atoms. The Morgan fingerprint density at radius 2 is 2.16 bits per heavy atom. The highest BCUT2D eigenvalue weighted by Gasteiger charge is 2.15. The monoisotopic (exact) mass is 259 g/mol. The summed E-state index contributed by atoms with van der Waals surface area (Å²) in [6, 6.07) is 6.11. The summed E-state index contributed by atoms with van der Waals surface area (Å²) in [5.41, 5.74) is 1.40. The molecule has 0 fully saturated rings. The number of fused-ring (bicyclic) bond motifs is 1. The minimum absolute atomic E-state index is 0.147. The highest BCUT2D eigenvalue weighted by molar-refractivity contribution is 5.86. The number of carboxylic acid groups (broad SMARTS) is 1. The van der Waals surface area contributed by atoms with E-state index in [1.165, 1.54) is 22.9 Å². The average Bonchev–Trinajstić information content (AvgIpc) is 2.89. The molecular formula is C13H10FN3O2. The lowest BCUT2D eigenvalue weighted by atomic mass is 10.2. The number of aromatic nitrogens is 3. The van der Waals surface area contributed by atoms with Crippen LogP contribution in [0.1, 0.15) is 10.5 Å². The minimum Gasteiger partial charge on any atom is -0.477 e. The normalized spacial score (nSPS) is 11.1. The Hall–Kier alpha value is -2.63. The number of carbonyl (C=O) groups is 1. The second kappa shape index (κ2) is 3.94. The molecule has 0 saturated carbocycles. The lowest BCUT2D eigenvalue weighted by molar-refractivity contribution is 0.0686. The van der Waals surface area contributed by atoms with Crippen molar-refractivity contribution in [1.82, 2.24) is 14.0 Å². The molecule has 1 N–H and O–H groups in total. The molecule has 0 bridgehead atoms. The Kier molecular flexibility index (Phi) is 2.38. The number of hydrogen-bond acceptors (Lipinski definition) is 2. The zero-order valence-corrected chi connectivity index (χ0v) is 10.0. The van der Waals surface area contributed by atoms with Crippen LogP contribution in [-0.2, 0) is 7.05 Å². The van der Waals surface area contributed by atoms with Crippen LogP contribution in [0.4, 0.5) is 4.39 Å². The molecule has 0 spiro atoms. The first-order valence-corrected chi connectivity index (χ1v) is 5.60. The van der Waals surface area contributed by atoms with Gasteiger partial charge in [-0.1, -0.05) is 12.1 Å². The number of imidazole rings is 2. The molecular weight excluding hydrogens is 249 g/mol. The lowest BCUT2D eigenvalue weighted by Crippen LogP contribution is -2.04. The molecule has 0 saturated heterocycles. The largest absolute Gasteiger partial charge is 0.477 e. The fourth-order valence-electron chi connectivity index (χ4n) is 2.04. The topological polar surface area (TPSA) is 59.5 Å². The molecule has 3 rings (SSSR count). The highest BCUT2D eigenvalue weighted by atomic mass is 19.1. The Bertz CT molecular complexity index is 788. The van der Waals surface area contributed by atoms with Gasteiger partial charge in [0.1, 0.15) is 11.5 Å². The van der Waals surface area contributed by atoms with Gasteiger partial charge in [-0.15, -0.1) is 0 Å². The van der Waals surface area contributed by atoms with Crippen LogP contribution >= 0.6 is 0 Å². The molecule has 96 valence electrons. The molecule has 0 amide bonds. The first-order valence-electron chi connectivity index (χ1n) is 5.60. The van der Waals surface area contributed by atoms with Gasteiger partial charge in [-0.05, 0) is 12.1 Å². The standard InChI is InChI=1S/C13H10FN3O2/c1-16-11(12(18)19)7-17-6-10(15-13(16)17)8-3-2-4-9(14)5-8/h2-7H,1H3,(H,18,19). The number of carboxylic acids is 1. The van der Waals surface area contributed by atoms with Crippen LogP contribution in [0, 0.1) is 5.82 Å². The van der Waals surface area contributed by atoms with Gasteiger partial charge in [-0.25, -0.2) is 14.2 Å². The third kappa shape index (κ3) is 1.77. The molecule has 5 nitrogen and oxygen atoms in total. The first kappa shape index (κ1) is 11.5. The van der Waals surface area contributed by atoms with Crippen LogP contribution in [0.5, 0.6) is 0 Å². The van der Waals surface area contributed by atoms with E-state index in [9.17, 15) is 9.18 Å². The van der Waals surface area contributed by atoms with Crippen LogP contribution in [0.2, 0.25) is 0 Å². The van der Waals surface area contributed by atoms with Gasteiger partial charge in [0, 0.05) is 25.0 Å². The van der Waals surface area contributed by atoms with Crippen molar-refractivity contribution in [2.45, 2.75) is 0 Å². The van der Waals surface area contributed by atoms with Gasteiger partial charge in [-0.2, -0.15) is 0 Å². The second-order valence-electron chi connectivity index (χ2n) is 4.22. The van der Waals surface area contributed by atoms with Gasteiger partial charge in [0.25, 0.3) is 0 Å². The van der Waals surface area contributed by atoms with Crippen molar-refractivity contribution in [1.29, 1.82) is 0 Å². The van der Waals surface area contributed by atoms with E-state index in [0.717, 1.165) is 0 Å². The number of rotatable bonds is 2. The lowest BCUT2D eigenvalue weighted by Gasteiger charge is -1.97. The third-order valence-electron chi connectivity index (χ3n) is 2.97. The van der Waals surface area contributed by atoms with E-state index in [-0.39, 0.29) is 11.5 Å². The molecule has 0 aliphatic carbocycles. The van der Waals surface area contributed by atoms with Crippen molar-refractivity contribution in [3.05, 3.63) is 48.2 Å². The Morgan fingerprint density at radius 3 is 2.79 bits per heavy atom. The van der Waals surface area contributed by atoms with Gasteiger partial charge >= 0.3 is 5.97 Å². The Labute approximate surface area is 107 Å². The fraction of sp³-hybridized carbons (Fsp3) is 0.0769. The molecule has 1 aromatic carbocycles. The summed E-state index contributed by atoms with van der Waals surface area (Å²) >= 11 is 0. The summed E-state index contributed by atoms with van der Waals surface area (Å²) in [7, 11) is 1.63. The Morgan fingerprint density at radius 1 is 1.37 bits per heavy atom. The fourth-order valence-corrected chi connectivity index (χ4v) is 2.04. The highest BCUT2D eigenvalue weighted by Crippen LogP contribution is 2.21. The SMILES string of the molecule is Cn1c(C(=O)O)cn2cc(-c3cccc(F)c3)nc12. The summed E-state index contributed by atoms with van der Waals surface area (Å²) in [4.78, 5) is 15.3. The van der Waals surface area contributed by atoms with Crippen molar-refractivity contribution in [3.63, 3.8) is 0 Å². The predicted octanol–water partition coefficient (Wildman–Crippen LogP) is 2.18. The minimum atomic E-state index is -1.01. The number of aryl methyl sites for hydroxylation is 1. The van der Waals surface area contributed by atoms with Gasteiger partial charge < -0.3 is 9.67 Å². The molecule has 2 heterocycles. The average molecular weight is 259 g/mol.